The van der Waals surface area contributed by atoms with Crippen LogP contribution in [0, 0.1) is 0 Å². The minimum absolute atomic E-state index is 0.383. The Bertz CT molecular complexity index is 427. The first-order valence-corrected chi connectivity index (χ1v) is 6.74. The molecule has 0 radical (unpaired) electrons. The summed E-state index contributed by atoms with van der Waals surface area (Å²) in [6, 6.07) is 6.18. The zero-order chi connectivity index (χ0) is 12.5. The van der Waals surface area contributed by atoms with Gasteiger partial charge in [-0.05, 0) is 43.1 Å². The molecule has 3 rings (SSSR count). The molecule has 0 amide bonds. The van der Waals surface area contributed by atoms with Crippen molar-refractivity contribution in [3.05, 3.63) is 29.3 Å². The van der Waals surface area contributed by atoms with Gasteiger partial charge in [0, 0.05) is 32.2 Å². The summed E-state index contributed by atoms with van der Waals surface area (Å²) in [6.45, 7) is 4.42. The van der Waals surface area contributed by atoms with Gasteiger partial charge >= 0.3 is 0 Å². The molecule has 1 aromatic carbocycles. The lowest BCUT2D eigenvalue weighted by Gasteiger charge is -2.34. The van der Waals surface area contributed by atoms with Crippen molar-refractivity contribution < 1.29 is 5.11 Å². The number of likely N-dealkylation sites (N-methyl/N-ethyl adjacent to an activating group) is 1. The van der Waals surface area contributed by atoms with Crippen molar-refractivity contribution in [1.29, 1.82) is 0 Å². The molecule has 4 nitrogen and oxygen atoms in total. The van der Waals surface area contributed by atoms with Crippen molar-refractivity contribution in [2.75, 3.05) is 33.2 Å². The predicted molar refractivity (Wildman–Crippen MR) is 71.4 cm³/mol. The number of piperazine rings is 1. The van der Waals surface area contributed by atoms with Crippen LogP contribution < -0.4 is 5.43 Å². The van der Waals surface area contributed by atoms with E-state index in [4.69, 9.17) is 0 Å². The van der Waals surface area contributed by atoms with Gasteiger partial charge in [0.15, 0.2) is 0 Å². The van der Waals surface area contributed by atoms with Crippen LogP contribution in [-0.4, -0.2) is 48.2 Å². The first-order chi connectivity index (χ1) is 8.72. The van der Waals surface area contributed by atoms with Crippen LogP contribution in [0.5, 0.6) is 5.75 Å². The zero-order valence-electron chi connectivity index (χ0n) is 10.9. The number of hydrazine groups is 1. The molecule has 1 fully saturated rings. The molecule has 0 saturated carbocycles. The first kappa shape index (κ1) is 12.0. The number of phenols is 1. The summed E-state index contributed by atoms with van der Waals surface area (Å²) >= 11 is 0. The molecule has 1 aliphatic carbocycles. The van der Waals surface area contributed by atoms with Crippen LogP contribution in [0.3, 0.4) is 0 Å². The molecule has 1 saturated heterocycles. The van der Waals surface area contributed by atoms with Crippen LogP contribution in [0.15, 0.2) is 18.2 Å². The lowest BCUT2D eigenvalue weighted by Crippen LogP contribution is -2.51. The molecule has 1 aromatic rings. The number of benzene rings is 1. The Morgan fingerprint density at radius 2 is 2.00 bits per heavy atom. The van der Waals surface area contributed by atoms with Gasteiger partial charge in [0.05, 0.1) is 0 Å². The minimum Gasteiger partial charge on any atom is -0.508 e. The molecule has 1 atom stereocenters. The van der Waals surface area contributed by atoms with Crippen LogP contribution in [0.25, 0.3) is 0 Å². The van der Waals surface area contributed by atoms with E-state index in [2.05, 4.69) is 28.4 Å². The quantitative estimate of drug-likeness (QED) is 0.822. The Morgan fingerprint density at radius 3 is 2.78 bits per heavy atom. The SMILES string of the molecule is CN1CCN(NC2CCc3cc(O)ccc32)CC1. The predicted octanol–water partition coefficient (Wildman–Crippen LogP) is 1.13. The highest BCUT2D eigenvalue weighted by molar-refractivity contribution is 5.39. The normalized spacial score (nSPS) is 25.3. The third-order valence-corrected chi connectivity index (χ3v) is 4.05. The van der Waals surface area contributed by atoms with Crippen molar-refractivity contribution in [3.8, 4) is 5.75 Å². The van der Waals surface area contributed by atoms with Crippen molar-refractivity contribution in [3.63, 3.8) is 0 Å². The number of hydrogen-bond acceptors (Lipinski definition) is 4. The highest BCUT2D eigenvalue weighted by Gasteiger charge is 2.25. The van der Waals surface area contributed by atoms with Gasteiger partial charge in [-0.15, -0.1) is 0 Å². The van der Waals surface area contributed by atoms with Crippen molar-refractivity contribution in [1.82, 2.24) is 15.3 Å². The van der Waals surface area contributed by atoms with E-state index >= 15 is 0 Å². The molecule has 0 spiro atoms. The molecule has 1 unspecified atom stereocenters. The number of nitrogens with zero attached hydrogens (tertiary/aromatic N) is 2. The van der Waals surface area contributed by atoms with Gasteiger partial charge < -0.3 is 10.0 Å². The molecular formula is C14H21N3O. The van der Waals surface area contributed by atoms with Crippen LogP contribution >= 0.6 is 0 Å². The number of aryl methyl sites for hydroxylation is 1. The first-order valence-electron chi connectivity index (χ1n) is 6.74. The van der Waals surface area contributed by atoms with E-state index in [0.717, 1.165) is 39.0 Å². The molecular weight excluding hydrogens is 226 g/mol. The van der Waals surface area contributed by atoms with E-state index < -0.39 is 0 Å². The molecule has 0 bridgehead atoms. The van der Waals surface area contributed by atoms with E-state index in [1.807, 2.05) is 6.07 Å². The molecule has 18 heavy (non-hydrogen) atoms. The third kappa shape index (κ3) is 2.36. The summed E-state index contributed by atoms with van der Waals surface area (Å²) < 4.78 is 0. The summed E-state index contributed by atoms with van der Waals surface area (Å²) in [4.78, 5) is 2.36. The Kier molecular flexibility index (Phi) is 3.24. The summed E-state index contributed by atoms with van der Waals surface area (Å²) in [5.74, 6) is 0.383. The van der Waals surface area contributed by atoms with Crippen LogP contribution in [0.1, 0.15) is 23.6 Å². The van der Waals surface area contributed by atoms with Crippen molar-refractivity contribution >= 4 is 0 Å². The smallest absolute Gasteiger partial charge is 0.115 e. The average molecular weight is 247 g/mol. The van der Waals surface area contributed by atoms with Gasteiger partial charge in [0.2, 0.25) is 0 Å². The maximum absolute atomic E-state index is 9.50. The second-order valence-electron chi connectivity index (χ2n) is 5.39. The molecule has 4 heteroatoms. The van der Waals surface area contributed by atoms with Gasteiger partial charge in [0.1, 0.15) is 5.75 Å². The fourth-order valence-corrected chi connectivity index (χ4v) is 2.89. The second-order valence-corrected chi connectivity index (χ2v) is 5.39. The highest BCUT2D eigenvalue weighted by atomic mass is 16.3. The van der Waals surface area contributed by atoms with Gasteiger partial charge in [-0.25, -0.2) is 10.4 Å². The maximum Gasteiger partial charge on any atom is 0.115 e. The van der Waals surface area contributed by atoms with Crippen molar-refractivity contribution in [2.24, 2.45) is 0 Å². The average Bonchev–Trinajstić information content (AvgIpc) is 2.74. The largest absolute Gasteiger partial charge is 0.508 e. The number of fused-ring (bicyclic) bond motifs is 1. The molecule has 2 aliphatic rings. The second kappa shape index (κ2) is 4.88. The Hall–Kier alpha value is -1.10. The summed E-state index contributed by atoms with van der Waals surface area (Å²) in [7, 11) is 2.17. The van der Waals surface area contributed by atoms with Crippen molar-refractivity contribution in [2.45, 2.75) is 18.9 Å². The number of nitrogens with one attached hydrogen (secondary N) is 1. The van der Waals surface area contributed by atoms with E-state index in [1.54, 1.807) is 6.07 Å². The van der Waals surface area contributed by atoms with Crippen LogP contribution in [0.4, 0.5) is 0 Å². The van der Waals surface area contributed by atoms with Crippen LogP contribution in [-0.2, 0) is 6.42 Å². The van der Waals surface area contributed by atoms with Gasteiger partial charge in [0.25, 0.3) is 0 Å². The monoisotopic (exact) mass is 247 g/mol. The number of hydrogen-bond donors (Lipinski definition) is 2. The number of aromatic hydroxyl groups is 1. The van der Waals surface area contributed by atoms with E-state index in [9.17, 15) is 5.11 Å². The third-order valence-electron chi connectivity index (χ3n) is 4.05. The molecule has 2 N–H and O–H groups in total. The fraction of sp³-hybridized carbons (Fsp3) is 0.571. The molecule has 1 heterocycles. The van der Waals surface area contributed by atoms with Crippen LogP contribution in [0.2, 0.25) is 0 Å². The Morgan fingerprint density at radius 1 is 1.22 bits per heavy atom. The van der Waals surface area contributed by atoms with E-state index in [-0.39, 0.29) is 0 Å². The minimum atomic E-state index is 0.383. The fourth-order valence-electron chi connectivity index (χ4n) is 2.89. The van der Waals surface area contributed by atoms with Gasteiger partial charge in [-0.1, -0.05) is 6.07 Å². The Balaban J connectivity index is 1.66. The molecule has 0 aromatic heterocycles. The van der Waals surface area contributed by atoms with Gasteiger partial charge in [-0.2, -0.15) is 0 Å². The maximum atomic E-state index is 9.50. The number of phenolic OH excluding ortho intramolecular Hbond substituents is 1. The van der Waals surface area contributed by atoms with E-state index in [1.165, 1.54) is 11.1 Å². The molecule has 1 aliphatic heterocycles. The topological polar surface area (TPSA) is 38.7 Å². The standard InChI is InChI=1S/C14H21N3O/c1-16-6-8-17(9-7-16)15-14-5-2-11-10-12(18)3-4-13(11)14/h3-4,10,14-15,18H,2,5-9H2,1H3. The Labute approximate surface area is 108 Å². The zero-order valence-corrected chi connectivity index (χ0v) is 10.9. The summed E-state index contributed by atoms with van der Waals surface area (Å²) in [6.07, 6.45) is 2.19. The van der Waals surface area contributed by atoms with Gasteiger partial charge in [-0.3, -0.25) is 0 Å². The molecule has 98 valence electrons. The summed E-state index contributed by atoms with van der Waals surface area (Å²) in [5, 5.41) is 11.8. The lowest BCUT2D eigenvalue weighted by molar-refractivity contribution is 0.0868. The number of rotatable bonds is 2. The highest BCUT2D eigenvalue weighted by Crippen LogP contribution is 2.33. The van der Waals surface area contributed by atoms with E-state index in [0.29, 0.717) is 11.8 Å². The summed E-state index contributed by atoms with van der Waals surface area (Å²) in [5.41, 5.74) is 6.29. The lowest BCUT2D eigenvalue weighted by atomic mass is 10.1.